The molecule has 0 aliphatic heterocycles. The summed E-state index contributed by atoms with van der Waals surface area (Å²) >= 11 is 4.96. The van der Waals surface area contributed by atoms with E-state index in [4.69, 9.17) is 10.5 Å². The van der Waals surface area contributed by atoms with Crippen LogP contribution < -0.4 is 10.5 Å². The van der Waals surface area contributed by atoms with E-state index in [1.165, 1.54) is 0 Å². The molecule has 0 radical (unpaired) electrons. The molecule has 2 rings (SSSR count). The zero-order valence-electron chi connectivity index (χ0n) is 9.68. The first-order valence-corrected chi connectivity index (χ1v) is 8.14. The lowest BCUT2D eigenvalue weighted by Crippen LogP contribution is -2.00. The number of thiophene rings is 1. The Bertz CT molecular complexity index is 583. The van der Waals surface area contributed by atoms with Crippen molar-refractivity contribution in [3.05, 3.63) is 39.0 Å². The van der Waals surface area contributed by atoms with Gasteiger partial charge in [-0.3, -0.25) is 4.21 Å². The van der Waals surface area contributed by atoms with Gasteiger partial charge in [0, 0.05) is 20.4 Å². The number of hydrogen-bond acceptors (Lipinski definition) is 4. The Morgan fingerprint density at radius 1 is 1.44 bits per heavy atom. The Hall–Kier alpha value is -0.850. The summed E-state index contributed by atoms with van der Waals surface area (Å²) in [7, 11) is 0.418. The maximum atomic E-state index is 12.3. The molecule has 1 unspecified atom stereocenters. The van der Waals surface area contributed by atoms with Crippen molar-refractivity contribution in [1.82, 2.24) is 0 Å². The zero-order valence-corrected chi connectivity index (χ0v) is 12.9. The molecular formula is C12H12BrNO2S2. The van der Waals surface area contributed by atoms with Crippen LogP contribution in [0, 0.1) is 0 Å². The number of benzene rings is 1. The molecule has 0 saturated carbocycles. The Balaban J connectivity index is 2.23. The van der Waals surface area contributed by atoms with Gasteiger partial charge >= 0.3 is 0 Å². The Kier molecular flexibility index (Phi) is 4.42. The highest BCUT2D eigenvalue weighted by atomic mass is 79.9. The van der Waals surface area contributed by atoms with Gasteiger partial charge < -0.3 is 10.5 Å². The SMILES string of the molecule is COc1ccc(N)c(S(=O)Cc2cc(Br)cs2)c1. The maximum Gasteiger partial charge on any atom is 0.120 e. The van der Waals surface area contributed by atoms with Crippen LogP contribution in [0.15, 0.2) is 39.0 Å². The fraction of sp³-hybridized carbons (Fsp3) is 0.167. The molecule has 1 aromatic carbocycles. The summed E-state index contributed by atoms with van der Waals surface area (Å²) in [4.78, 5) is 1.68. The van der Waals surface area contributed by atoms with Crippen LogP contribution in [0.2, 0.25) is 0 Å². The molecule has 0 aliphatic rings. The van der Waals surface area contributed by atoms with Crippen molar-refractivity contribution in [3.63, 3.8) is 0 Å². The second kappa shape index (κ2) is 5.86. The minimum absolute atomic E-state index is 0.466. The Labute approximate surface area is 121 Å². The molecular weight excluding hydrogens is 334 g/mol. The van der Waals surface area contributed by atoms with E-state index in [0.29, 0.717) is 22.1 Å². The molecule has 18 heavy (non-hydrogen) atoms. The monoisotopic (exact) mass is 345 g/mol. The van der Waals surface area contributed by atoms with Crippen LogP contribution in [0.25, 0.3) is 0 Å². The summed E-state index contributed by atoms with van der Waals surface area (Å²) in [5.41, 5.74) is 6.38. The predicted octanol–water partition coefficient (Wildman–Crippen LogP) is 3.41. The maximum absolute atomic E-state index is 12.3. The fourth-order valence-corrected chi connectivity index (χ4v) is 4.38. The minimum atomic E-state index is -1.16. The van der Waals surface area contributed by atoms with E-state index in [0.717, 1.165) is 9.35 Å². The molecule has 0 fully saturated rings. The van der Waals surface area contributed by atoms with Crippen molar-refractivity contribution >= 4 is 43.8 Å². The largest absolute Gasteiger partial charge is 0.497 e. The normalized spacial score (nSPS) is 12.3. The standard InChI is InChI=1S/C12H12BrNO2S2/c1-16-9-2-3-11(14)12(5-9)18(15)7-10-4-8(13)6-17-10/h2-6H,7,14H2,1H3. The number of halogens is 1. The fourth-order valence-electron chi connectivity index (χ4n) is 1.48. The van der Waals surface area contributed by atoms with Crippen molar-refractivity contribution in [1.29, 1.82) is 0 Å². The highest BCUT2D eigenvalue weighted by molar-refractivity contribution is 9.10. The molecule has 0 amide bonds. The first-order chi connectivity index (χ1) is 8.60. The zero-order chi connectivity index (χ0) is 13.1. The molecule has 3 nitrogen and oxygen atoms in total. The van der Waals surface area contributed by atoms with E-state index in [1.54, 1.807) is 36.6 Å². The van der Waals surface area contributed by atoms with Crippen molar-refractivity contribution in [2.75, 3.05) is 12.8 Å². The topological polar surface area (TPSA) is 52.3 Å². The lowest BCUT2D eigenvalue weighted by Gasteiger charge is -2.07. The average Bonchev–Trinajstić information content (AvgIpc) is 2.75. The van der Waals surface area contributed by atoms with Gasteiger partial charge in [-0.2, -0.15) is 0 Å². The van der Waals surface area contributed by atoms with E-state index in [2.05, 4.69) is 15.9 Å². The smallest absolute Gasteiger partial charge is 0.120 e. The third kappa shape index (κ3) is 3.13. The summed E-state index contributed by atoms with van der Waals surface area (Å²) in [6.07, 6.45) is 0. The van der Waals surface area contributed by atoms with Gasteiger partial charge in [0.25, 0.3) is 0 Å². The van der Waals surface area contributed by atoms with Crippen LogP contribution in [0.1, 0.15) is 4.88 Å². The number of nitrogens with two attached hydrogens (primary N) is 1. The summed E-state index contributed by atoms with van der Waals surface area (Å²) in [6, 6.07) is 7.18. The van der Waals surface area contributed by atoms with Crippen LogP contribution in [-0.4, -0.2) is 11.3 Å². The molecule has 0 bridgehead atoms. The number of anilines is 1. The van der Waals surface area contributed by atoms with Gasteiger partial charge in [-0.05, 0) is 40.2 Å². The second-order valence-electron chi connectivity index (χ2n) is 3.62. The molecule has 0 aliphatic carbocycles. The van der Waals surface area contributed by atoms with Crippen LogP contribution in [0.4, 0.5) is 5.69 Å². The summed E-state index contributed by atoms with van der Waals surface area (Å²) < 4.78 is 18.4. The number of hydrogen-bond donors (Lipinski definition) is 1. The highest BCUT2D eigenvalue weighted by Crippen LogP contribution is 2.27. The van der Waals surface area contributed by atoms with Crippen LogP contribution in [0.5, 0.6) is 5.75 Å². The van der Waals surface area contributed by atoms with Crippen LogP contribution in [-0.2, 0) is 16.6 Å². The van der Waals surface area contributed by atoms with Gasteiger partial charge in [-0.25, -0.2) is 0 Å². The summed E-state index contributed by atoms with van der Waals surface area (Å²) in [5.74, 6) is 1.13. The van der Waals surface area contributed by atoms with Crippen molar-refractivity contribution in [2.24, 2.45) is 0 Å². The Morgan fingerprint density at radius 2 is 2.22 bits per heavy atom. The third-order valence-corrected chi connectivity index (χ3v) is 5.66. The molecule has 0 saturated heterocycles. The molecule has 1 heterocycles. The van der Waals surface area contributed by atoms with Crippen molar-refractivity contribution in [3.8, 4) is 5.75 Å². The van der Waals surface area contributed by atoms with Crippen molar-refractivity contribution < 1.29 is 8.95 Å². The molecule has 1 atom stereocenters. The molecule has 1 aromatic heterocycles. The van der Waals surface area contributed by atoms with E-state index in [1.807, 2.05) is 11.4 Å². The average molecular weight is 346 g/mol. The number of nitrogen functional groups attached to an aromatic ring is 1. The Morgan fingerprint density at radius 3 is 2.83 bits per heavy atom. The van der Waals surface area contributed by atoms with E-state index in [-0.39, 0.29) is 0 Å². The van der Waals surface area contributed by atoms with Gasteiger partial charge in [0.1, 0.15) is 5.75 Å². The quantitative estimate of drug-likeness (QED) is 0.864. The molecule has 2 aromatic rings. The highest BCUT2D eigenvalue weighted by Gasteiger charge is 2.11. The number of rotatable bonds is 4. The van der Waals surface area contributed by atoms with Gasteiger partial charge in [0.05, 0.1) is 28.6 Å². The van der Waals surface area contributed by atoms with Crippen LogP contribution in [0.3, 0.4) is 0 Å². The first-order valence-electron chi connectivity index (χ1n) is 5.15. The summed E-state index contributed by atoms with van der Waals surface area (Å²) in [6.45, 7) is 0. The number of ether oxygens (including phenoxy) is 1. The van der Waals surface area contributed by atoms with Crippen molar-refractivity contribution in [2.45, 2.75) is 10.6 Å². The van der Waals surface area contributed by atoms with Gasteiger partial charge in [0.15, 0.2) is 0 Å². The lowest BCUT2D eigenvalue weighted by atomic mass is 10.3. The lowest BCUT2D eigenvalue weighted by molar-refractivity contribution is 0.413. The van der Waals surface area contributed by atoms with E-state index >= 15 is 0 Å². The van der Waals surface area contributed by atoms with E-state index < -0.39 is 10.8 Å². The molecule has 2 N–H and O–H groups in total. The second-order valence-corrected chi connectivity index (χ2v) is 6.96. The van der Waals surface area contributed by atoms with Gasteiger partial charge in [0.2, 0.25) is 0 Å². The summed E-state index contributed by atoms with van der Waals surface area (Å²) in [5, 5.41) is 1.97. The molecule has 96 valence electrons. The third-order valence-electron chi connectivity index (χ3n) is 2.36. The number of methoxy groups -OCH3 is 1. The minimum Gasteiger partial charge on any atom is -0.497 e. The van der Waals surface area contributed by atoms with Gasteiger partial charge in [-0.15, -0.1) is 11.3 Å². The van der Waals surface area contributed by atoms with Crippen LogP contribution >= 0.6 is 27.3 Å². The van der Waals surface area contributed by atoms with Gasteiger partial charge in [-0.1, -0.05) is 0 Å². The molecule has 6 heteroatoms. The predicted molar refractivity (Wildman–Crippen MR) is 79.5 cm³/mol. The first kappa shape index (κ1) is 13.6. The molecule has 0 spiro atoms. The van der Waals surface area contributed by atoms with E-state index in [9.17, 15) is 4.21 Å².